The Morgan fingerprint density at radius 1 is 1.50 bits per heavy atom. The van der Waals surface area contributed by atoms with Gasteiger partial charge >= 0.3 is 0 Å². The average molecular weight is 337 g/mol. The highest BCUT2D eigenvalue weighted by atomic mass is 79.9. The van der Waals surface area contributed by atoms with E-state index in [2.05, 4.69) is 41.9 Å². The Bertz CT molecular complexity index is 672. The van der Waals surface area contributed by atoms with Gasteiger partial charge < -0.3 is 4.90 Å². The summed E-state index contributed by atoms with van der Waals surface area (Å²) < 4.78 is 0.836. The normalized spacial score (nSPS) is 13.4. The van der Waals surface area contributed by atoms with Crippen LogP contribution in [-0.4, -0.2) is 43.9 Å². The molecular weight excluding hydrogens is 328 g/mol. The number of carbonyl (C=O) groups is 2. The zero-order chi connectivity index (χ0) is 14.1. The van der Waals surface area contributed by atoms with Crippen molar-refractivity contribution in [1.29, 1.82) is 0 Å². The SMILES string of the molecule is O=C(CN1Cc2ccc(Br)cc2C1=O)Nc1nn[nH]n1. The van der Waals surface area contributed by atoms with Crippen LogP contribution in [0.25, 0.3) is 0 Å². The molecule has 20 heavy (non-hydrogen) atoms. The molecule has 2 amide bonds. The smallest absolute Gasteiger partial charge is 0.269 e. The van der Waals surface area contributed by atoms with Gasteiger partial charge in [-0.1, -0.05) is 27.1 Å². The Morgan fingerprint density at radius 2 is 2.35 bits per heavy atom. The number of H-pyrrole nitrogens is 1. The highest BCUT2D eigenvalue weighted by Crippen LogP contribution is 2.25. The van der Waals surface area contributed by atoms with E-state index in [1.807, 2.05) is 12.1 Å². The van der Waals surface area contributed by atoms with Crippen LogP contribution in [0.1, 0.15) is 15.9 Å². The molecule has 102 valence electrons. The monoisotopic (exact) mass is 336 g/mol. The minimum Gasteiger partial charge on any atom is -0.325 e. The zero-order valence-electron chi connectivity index (χ0n) is 10.1. The first kappa shape index (κ1) is 12.7. The molecule has 8 nitrogen and oxygen atoms in total. The second-order valence-electron chi connectivity index (χ2n) is 4.25. The number of fused-ring (bicyclic) bond motifs is 1. The summed E-state index contributed by atoms with van der Waals surface area (Å²) in [4.78, 5) is 25.4. The number of rotatable bonds is 3. The van der Waals surface area contributed by atoms with Gasteiger partial charge in [-0.2, -0.15) is 5.21 Å². The minimum absolute atomic E-state index is 0.0559. The molecule has 3 rings (SSSR count). The summed E-state index contributed by atoms with van der Waals surface area (Å²) in [5.41, 5.74) is 1.53. The van der Waals surface area contributed by atoms with Crippen LogP contribution in [0.15, 0.2) is 22.7 Å². The maximum Gasteiger partial charge on any atom is 0.269 e. The van der Waals surface area contributed by atoms with Crippen molar-refractivity contribution in [3.63, 3.8) is 0 Å². The number of carbonyl (C=O) groups excluding carboxylic acids is 2. The summed E-state index contributed by atoms with van der Waals surface area (Å²) in [7, 11) is 0. The Hall–Kier alpha value is -2.29. The van der Waals surface area contributed by atoms with Gasteiger partial charge in [0.1, 0.15) is 6.54 Å². The number of hydrogen-bond acceptors (Lipinski definition) is 5. The summed E-state index contributed by atoms with van der Waals surface area (Å²) in [5, 5.41) is 15.2. The molecule has 0 unspecified atom stereocenters. The second-order valence-corrected chi connectivity index (χ2v) is 5.16. The number of hydrogen-bond donors (Lipinski definition) is 2. The second kappa shape index (κ2) is 5.00. The van der Waals surface area contributed by atoms with E-state index in [1.165, 1.54) is 4.90 Å². The van der Waals surface area contributed by atoms with E-state index < -0.39 is 0 Å². The van der Waals surface area contributed by atoms with Crippen molar-refractivity contribution in [3.05, 3.63) is 33.8 Å². The maximum atomic E-state index is 12.2. The van der Waals surface area contributed by atoms with Crippen LogP contribution in [0.3, 0.4) is 0 Å². The lowest BCUT2D eigenvalue weighted by Gasteiger charge is -2.13. The van der Waals surface area contributed by atoms with Crippen molar-refractivity contribution in [3.8, 4) is 0 Å². The van der Waals surface area contributed by atoms with Gasteiger partial charge in [0.2, 0.25) is 5.91 Å². The molecular formula is C11H9BrN6O2. The number of tetrazole rings is 1. The first-order valence-electron chi connectivity index (χ1n) is 5.74. The third kappa shape index (κ3) is 2.39. The Morgan fingerprint density at radius 3 is 3.10 bits per heavy atom. The summed E-state index contributed by atoms with van der Waals surface area (Å²) in [6.45, 7) is 0.362. The topological polar surface area (TPSA) is 104 Å². The lowest BCUT2D eigenvalue weighted by Crippen LogP contribution is -2.33. The summed E-state index contributed by atoms with van der Waals surface area (Å²) in [6.07, 6.45) is 0. The van der Waals surface area contributed by atoms with Crippen LogP contribution in [0.2, 0.25) is 0 Å². The predicted molar refractivity (Wildman–Crippen MR) is 71.7 cm³/mol. The Labute approximate surface area is 121 Å². The van der Waals surface area contributed by atoms with Gasteiger partial charge in [-0.3, -0.25) is 14.9 Å². The highest BCUT2D eigenvalue weighted by Gasteiger charge is 2.28. The molecule has 2 aromatic rings. The molecule has 0 fully saturated rings. The molecule has 0 radical (unpaired) electrons. The summed E-state index contributed by atoms with van der Waals surface area (Å²) in [6, 6.07) is 5.50. The van der Waals surface area contributed by atoms with Gasteiger partial charge in [-0.05, 0) is 22.9 Å². The molecule has 1 aromatic carbocycles. The van der Waals surface area contributed by atoms with E-state index in [0.29, 0.717) is 12.1 Å². The van der Waals surface area contributed by atoms with E-state index >= 15 is 0 Å². The molecule has 1 aliphatic heterocycles. The van der Waals surface area contributed by atoms with Crippen molar-refractivity contribution < 1.29 is 9.59 Å². The van der Waals surface area contributed by atoms with Crippen LogP contribution >= 0.6 is 15.9 Å². The van der Waals surface area contributed by atoms with Crippen LogP contribution in [-0.2, 0) is 11.3 Å². The summed E-state index contributed by atoms with van der Waals surface area (Å²) in [5.74, 6) is -0.446. The third-order valence-corrected chi connectivity index (χ3v) is 3.38. The van der Waals surface area contributed by atoms with Gasteiger partial charge in [0, 0.05) is 16.6 Å². The average Bonchev–Trinajstić information content (AvgIpc) is 3.00. The fourth-order valence-electron chi connectivity index (χ4n) is 2.01. The molecule has 2 heterocycles. The van der Waals surface area contributed by atoms with E-state index in [-0.39, 0.29) is 24.3 Å². The van der Waals surface area contributed by atoms with Gasteiger partial charge in [-0.15, -0.1) is 5.10 Å². The number of anilines is 1. The number of aromatic nitrogens is 4. The maximum absolute atomic E-state index is 12.2. The zero-order valence-corrected chi connectivity index (χ0v) is 11.7. The lowest BCUT2D eigenvalue weighted by molar-refractivity contribution is -0.117. The number of amides is 2. The van der Waals surface area contributed by atoms with E-state index in [4.69, 9.17) is 0 Å². The number of nitrogens with zero attached hydrogens (tertiary/aromatic N) is 4. The number of aromatic amines is 1. The van der Waals surface area contributed by atoms with Crippen LogP contribution in [0, 0.1) is 0 Å². The van der Waals surface area contributed by atoms with Gasteiger partial charge in [0.25, 0.3) is 11.9 Å². The van der Waals surface area contributed by atoms with Crippen molar-refractivity contribution in [2.45, 2.75) is 6.54 Å². The predicted octanol–water partition coefficient (Wildman–Crippen LogP) is 0.557. The first-order valence-corrected chi connectivity index (χ1v) is 6.54. The van der Waals surface area contributed by atoms with Gasteiger partial charge in [-0.25, -0.2) is 0 Å². The Kier molecular flexibility index (Phi) is 3.18. The molecule has 1 aromatic heterocycles. The number of benzene rings is 1. The largest absolute Gasteiger partial charge is 0.325 e. The van der Waals surface area contributed by atoms with Crippen LogP contribution in [0.5, 0.6) is 0 Å². The van der Waals surface area contributed by atoms with Crippen LogP contribution in [0.4, 0.5) is 5.95 Å². The van der Waals surface area contributed by atoms with E-state index in [9.17, 15) is 9.59 Å². The van der Waals surface area contributed by atoms with E-state index in [0.717, 1.165) is 10.0 Å². The van der Waals surface area contributed by atoms with Gasteiger partial charge in [0.15, 0.2) is 0 Å². The molecule has 0 atom stereocenters. The van der Waals surface area contributed by atoms with Crippen molar-refractivity contribution in [2.24, 2.45) is 0 Å². The molecule has 0 saturated heterocycles. The molecule has 0 aliphatic carbocycles. The lowest BCUT2D eigenvalue weighted by atomic mass is 10.1. The van der Waals surface area contributed by atoms with E-state index in [1.54, 1.807) is 6.07 Å². The third-order valence-electron chi connectivity index (χ3n) is 2.88. The van der Waals surface area contributed by atoms with Crippen molar-refractivity contribution in [1.82, 2.24) is 25.5 Å². The van der Waals surface area contributed by atoms with Crippen molar-refractivity contribution >= 4 is 33.7 Å². The van der Waals surface area contributed by atoms with Gasteiger partial charge in [0.05, 0.1) is 0 Å². The fraction of sp³-hybridized carbons (Fsp3) is 0.182. The highest BCUT2D eigenvalue weighted by molar-refractivity contribution is 9.10. The Balaban J connectivity index is 1.68. The van der Waals surface area contributed by atoms with Crippen molar-refractivity contribution in [2.75, 3.05) is 11.9 Å². The standard InChI is InChI=1S/C11H9BrN6O2/c12-7-2-1-6-4-18(10(20)8(6)3-7)5-9(19)13-11-14-16-17-15-11/h1-3H,4-5H2,(H2,13,14,15,16,17,19). The molecule has 0 bridgehead atoms. The molecule has 0 saturated carbocycles. The van der Waals surface area contributed by atoms with Crippen LogP contribution < -0.4 is 5.32 Å². The number of halogens is 1. The quantitative estimate of drug-likeness (QED) is 0.852. The first-order chi connectivity index (χ1) is 9.63. The molecule has 1 aliphatic rings. The minimum atomic E-state index is -0.369. The molecule has 0 spiro atoms. The molecule has 2 N–H and O–H groups in total. The molecule has 9 heteroatoms. The fourth-order valence-corrected chi connectivity index (χ4v) is 2.37. The summed E-state index contributed by atoms with van der Waals surface area (Å²) >= 11 is 3.33. The number of nitrogens with one attached hydrogen (secondary N) is 2.